The summed E-state index contributed by atoms with van der Waals surface area (Å²) in [6.45, 7) is -0.860. The van der Waals surface area contributed by atoms with Gasteiger partial charge in [-0.1, -0.05) is 0 Å². The molecule has 0 aliphatic carbocycles. The molecule has 0 saturated carbocycles. The average molecular weight is 534 g/mol. The van der Waals surface area contributed by atoms with Gasteiger partial charge >= 0.3 is 11.9 Å². The SMILES string of the molecule is COc1ccc(C(=O)COC(=O)CCC(=O)Nc2ccc(C(=O)OCC(=O)c3ccc(OC)cc3)cc2)cc1. The lowest BCUT2D eigenvalue weighted by Crippen LogP contribution is -2.17. The van der Waals surface area contributed by atoms with Gasteiger partial charge in [0.05, 0.1) is 26.2 Å². The molecule has 3 aromatic rings. The molecule has 0 aliphatic heterocycles. The van der Waals surface area contributed by atoms with Crippen molar-refractivity contribution in [3.63, 3.8) is 0 Å². The minimum Gasteiger partial charge on any atom is -0.497 e. The van der Waals surface area contributed by atoms with Gasteiger partial charge in [-0.2, -0.15) is 0 Å². The van der Waals surface area contributed by atoms with Crippen molar-refractivity contribution in [3.8, 4) is 11.5 Å². The van der Waals surface area contributed by atoms with Gasteiger partial charge in [-0.05, 0) is 72.8 Å². The number of carbonyl (C=O) groups is 5. The van der Waals surface area contributed by atoms with Crippen molar-refractivity contribution in [1.29, 1.82) is 0 Å². The Morgan fingerprint density at radius 3 is 1.54 bits per heavy atom. The van der Waals surface area contributed by atoms with E-state index in [2.05, 4.69) is 5.32 Å². The number of esters is 2. The molecule has 3 aromatic carbocycles. The number of Topliss-reactive ketones (excluding diaryl/α,β-unsaturated/α-hetero) is 2. The molecule has 0 saturated heterocycles. The van der Waals surface area contributed by atoms with Gasteiger partial charge in [0.15, 0.2) is 24.8 Å². The first-order valence-corrected chi connectivity index (χ1v) is 11.9. The van der Waals surface area contributed by atoms with Crippen LogP contribution in [0.4, 0.5) is 5.69 Å². The number of ketones is 2. The smallest absolute Gasteiger partial charge is 0.338 e. The van der Waals surface area contributed by atoms with Gasteiger partial charge in [0.2, 0.25) is 5.91 Å². The summed E-state index contributed by atoms with van der Waals surface area (Å²) in [6, 6.07) is 18.7. The topological polar surface area (TPSA) is 134 Å². The number of benzene rings is 3. The van der Waals surface area contributed by atoms with Gasteiger partial charge in [0, 0.05) is 23.2 Å². The van der Waals surface area contributed by atoms with E-state index in [0.29, 0.717) is 28.3 Å². The Morgan fingerprint density at radius 2 is 1.05 bits per heavy atom. The Bertz CT molecular complexity index is 1310. The summed E-state index contributed by atoms with van der Waals surface area (Å²) in [5.41, 5.74) is 1.35. The number of ether oxygens (including phenoxy) is 4. The highest BCUT2D eigenvalue weighted by atomic mass is 16.5. The molecule has 0 radical (unpaired) electrons. The number of nitrogens with one attached hydrogen (secondary N) is 1. The summed E-state index contributed by atoms with van der Waals surface area (Å²) < 4.78 is 20.1. The number of anilines is 1. The highest BCUT2D eigenvalue weighted by Gasteiger charge is 2.14. The predicted molar refractivity (Wildman–Crippen MR) is 140 cm³/mol. The fourth-order valence-corrected chi connectivity index (χ4v) is 3.28. The maximum Gasteiger partial charge on any atom is 0.338 e. The standard InChI is InChI=1S/C29H27NO9/c1-36-23-11-5-19(6-12-23)25(31)17-38-28(34)16-15-27(33)30-22-9-3-21(4-10-22)29(35)39-18-26(32)20-7-13-24(37-2)14-8-20/h3-14H,15-18H2,1-2H3,(H,30,33). The molecule has 1 N–H and O–H groups in total. The van der Waals surface area contributed by atoms with Crippen LogP contribution in [0.5, 0.6) is 11.5 Å². The van der Waals surface area contributed by atoms with Crippen LogP contribution < -0.4 is 14.8 Å². The first-order chi connectivity index (χ1) is 18.8. The highest BCUT2D eigenvalue weighted by molar-refractivity contribution is 6.00. The molecule has 1 amide bonds. The molecule has 0 fully saturated rings. The fraction of sp³-hybridized carbons (Fsp3) is 0.207. The van der Waals surface area contributed by atoms with E-state index in [1.807, 2.05) is 0 Å². The highest BCUT2D eigenvalue weighted by Crippen LogP contribution is 2.15. The molecule has 0 heterocycles. The molecule has 39 heavy (non-hydrogen) atoms. The quantitative estimate of drug-likeness (QED) is 0.256. The van der Waals surface area contributed by atoms with E-state index in [9.17, 15) is 24.0 Å². The number of hydrogen-bond donors (Lipinski definition) is 1. The van der Waals surface area contributed by atoms with Crippen molar-refractivity contribution in [3.05, 3.63) is 89.5 Å². The number of amides is 1. The van der Waals surface area contributed by atoms with E-state index >= 15 is 0 Å². The first-order valence-electron chi connectivity index (χ1n) is 11.9. The zero-order chi connectivity index (χ0) is 28.2. The number of carbonyl (C=O) groups excluding carboxylic acids is 5. The zero-order valence-electron chi connectivity index (χ0n) is 21.4. The van der Waals surface area contributed by atoms with E-state index in [1.165, 1.54) is 38.5 Å². The number of hydrogen-bond acceptors (Lipinski definition) is 9. The lowest BCUT2D eigenvalue weighted by molar-refractivity contribution is -0.143. The summed E-state index contributed by atoms with van der Waals surface area (Å²) in [7, 11) is 3.03. The molecule has 0 aromatic heterocycles. The molecule has 0 aliphatic rings. The Morgan fingerprint density at radius 1 is 0.590 bits per heavy atom. The summed E-state index contributed by atoms with van der Waals surface area (Å²) in [4.78, 5) is 60.7. The van der Waals surface area contributed by atoms with E-state index in [4.69, 9.17) is 18.9 Å². The lowest BCUT2D eigenvalue weighted by atomic mass is 10.1. The van der Waals surface area contributed by atoms with E-state index < -0.39 is 31.1 Å². The molecule has 3 rings (SSSR count). The third-order valence-electron chi connectivity index (χ3n) is 5.48. The molecule has 0 spiro atoms. The molecule has 0 bridgehead atoms. The lowest BCUT2D eigenvalue weighted by Gasteiger charge is -2.08. The third-order valence-corrected chi connectivity index (χ3v) is 5.48. The fourth-order valence-electron chi connectivity index (χ4n) is 3.28. The van der Waals surface area contributed by atoms with Crippen LogP contribution in [0.3, 0.4) is 0 Å². The van der Waals surface area contributed by atoms with Gasteiger partial charge in [0.25, 0.3) is 0 Å². The van der Waals surface area contributed by atoms with Crippen LogP contribution in [0.15, 0.2) is 72.8 Å². The molecular weight excluding hydrogens is 506 g/mol. The Balaban J connectivity index is 1.38. The predicted octanol–water partition coefficient (Wildman–Crippen LogP) is 3.89. The van der Waals surface area contributed by atoms with Crippen LogP contribution in [0, 0.1) is 0 Å². The first kappa shape index (κ1) is 28.6. The number of rotatable bonds is 13. The van der Waals surface area contributed by atoms with Crippen LogP contribution >= 0.6 is 0 Å². The normalized spacial score (nSPS) is 10.2. The zero-order valence-corrected chi connectivity index (χ0v) is 21.4. The van der Waals surface area contributed by atoms with Crippen molar-refractivity contribution in [1.82, 2.24) is 0 Å². The second kappa shape index (κ2) is 14.1. The molecule has 10 heteroatoms. The Labute approximate surface area is 224 Å². The van der Waals surface area contributed by atoms with E-state index in [-0.39, 0.29) is 30.0 Å². The molecular formula is C29H27NO9. The summed E-state index contributed by atoms with van der Waals surface area (Å²) in [5.74, 6) is -1.36. The molecule has 10 nitrogen and oxygen atoms in total. The minimum atomic E-state index is -0.693. The van der Waals surface area contributed by atoms with Crippen LogP contribution in [0.1, 0.15) is 43.9 Å². The molecule has 0 atom stereocenters. The van der Waals surface area contributed by atoms with Crippen LogP contribution in [-0.4, -0.2) is 56.8 Å². The second-order valence-corrected chi connectivity index (χ2v) is 8.17. The maximum atomic E-state index is 12.3. The second-order valence-electron chi connectivity index (χ2n) is 8.17. The van der Waals surface area contributed by atoms with Crippen LogP contribution in [-0.2, 0) is 19.1 Å². The molecule has 202 valence electrons. The van der Waals surface area contributed by atoms with E-state index in [1.54, 1.807) is 48.5 Å². The van der Waals surface area contributed by atoms with Crippen molar-refractivity contribution in [2.45, 2.75) is 12.8 Å². The van der Waals surface area contributed by atoms with Crippen LogP contribution in [0.2, 0.25) is 0 Å². The minimum absolute atomic E-state index is 0.160. The largest absolute Gasteiger partial charge is 0.497 e. The van der Waals surface area contributed by atoms with Crippen molar-refractivity contribution >= 4 is 35.1 Å². The van der Waals surface area contributed by atoms with E-state index in [0.717, 1.165) is 0 Å². The van der Waals surface area contributed by atoms with Crippen molar-refractivity contribution in [2.75, 3.05) is 32.8 Å². The van der Waals surface area contributed by atoms with Gasteiger partial charge in [-0.25, -0.2) is 4.79 Å². The van der Waals surface area contributed by atoms with Crippen molar-refractivity contribution < 1.29 is 42.9 Å². The average Bonchev–Trinajstić information content (AvgIpc) is 2.97. The van der Waals surface area contributed by atoms with Gasteiger partial charge in [0.1, 0.15) is 11.5 Å². The summed E-state index contributed by atoms with van der Waals surface area (Å²) in [5, 5.41) is 2.60. The van der Waals surface area contributed by atoms with Gasteiger partial charge < -0.3 is 24.3 Å². The van der Waals surface area contributed by atoms with Gasteiger partial charge in [-0.3, -0.25) is 19.2 Å². The van der Waals surface area contributed by atoms with Crippen LogP contribution in [0.25, 0.3) is 0 Å². The maximum absolute atomic E-state index is 12.3. The van der Waals surface area contributed by atoms with Gasteiger partial charge in [-0.15, -0.1) is 0 Å². The molecule has 0 unspecified atom stereocenters. The van der Waals surface area contributed by atoms with Crippen molar-refractivity contribution in [2.24, 2.45) is 0 Å². The summed E-state index contributed by atoms with van der Waals surface area (Å²) >= 11 is 0. The Hall–Kier alpha value is -4.99. The Kier molecular flexibility index (Phi) is 10.3. The number of methoxy groups -OCH3 is 2. The third kappa shape index (κ3) is 8.81. The summed E-state index contributed by atoms with van der Waals surface area (Å²) in [6.07, 6.45) is -0.374. The monoisotopic (exact) mass is 533 g/mol.